The van der Waals surface area contributed by atoms with Crippen LogP contribution in [-0.2, 0) is 9.47 Å². The zero-order valence-electron chi connectivity index (χ0n) is 16.1. The van der Waals surface area contributed by atoms with E-state index in [4.69, 9.17) is 9.47 Å². The van der Waals surface area contributed by atoms with Gasteiger partial charge in [-0.25, -0.2) is 0 Å². The third-order valence-electron chi connectivity index (χ3n) is 5.46. The molecule has 10 heteroatoms. The van der Waals surface area contributed by atoms with Gasteiger partial charge in [-0.3, -0.25) is 26.6 Å². The molecule has 0 radical (unpaired) electrons. The van der Waals surface area contributed by atoms with E-state index in [2.05, 4.69) is 33.2 Å². The summed E-state index contributed by atoms with van der Waals surface area (Å²) in [4.78, 5) is 0. The van der Waals surface area contributed by atoms with Crippen LogP contribution in [0.15, 0.2) is 12.7 Å². The molecule has 1 aliphatic carbocycles. The molecule has 5 N–H and O–H groups in total. The number of rotatable bonds is 8. The molecule has 162 valence electrons. The quantitative estimate of drug-likeness (QED) is 0.388. The van der Waals surface area contributed by atoms with Gasteiger partial charge in [0.05, 0.1) is 18.6 Å². The molecule has 0 aromatic carbocycles. The maximum Gasteiger partial charge on any atom is 0.391 e. The van der Waals surface area contributed by atoms with Crippen LogP contribution in [0.25, 0.3) is 0 Å². The smallest absolute Gasteiger partial charge is 0.377 e. The minimum Gasteiger partial charge on any atom is -0.377 e. The molecule has 1 saturated carbocycles. The van der Waals surface area contributed by atoms with Gasteiger partial charge >= 0.3 is 6.18 Å². The fourth-order valence-corrected chi connectivity index (χ4v) is 4.02. The summed E-state index contributed by atoms with van der Waals surface area (Å²) < 4.78 is 50.5. The number of nitrogens with one attached hydrogen (secondary N) is 5. The number of halogens is 3. The normalized spacial score (nSPS) is 37.1. The Morgan fingerprint density at radius 2 is 1.93 bits per heavy atom. The minimum atomic E-state index is -4.13. The third kappa shape index (κ3) is 6.65. The highest BCUT2D eigenvalue weighted by Crippen LogP contribution is 2.37. The number of alkyl halides is 3. The van der Waals surface area contributed by atoms with Crippen molar-refractivity contribution in [3.8, 4) is 0 Å². The molecule has 6 unspecified atom stereocenters. The molecule has 0 aromatic rings. The van der Waals surface area contributed by atoms with Gasteiger partial charge in [0.25, 0.3) is 0 Å². The average Bonchev–Trinajstić information content (AvgIpc) is 3.18. The largest absolute Gasteiger partial charge is 0.391 e. The molecule has 3 fully saturated rings. The summed E-state index contributed by atoms with van der Waals surface area (Å²) in [6.45, 7) is 5.48. The molecule has 0 bridgehead atoms. The molecule has 2 saturated heterocycles. The number of ether oxygens (including phenoxy) is 2. The second kappa shape index (κ2) is 10.3. The molecular formula is C18H32F3N5O2. The van der Waals surface area contributed by atoms with Crippen LogP contribution >= 0.6 is 0 Å². The van der Waals surface area contributed by atoms with Gasteiger partial charge in [-0.2, -0.15) is 13.2 Å². The van der Waals surface area contributed by atoms with E-state index < -0.39 is 18.4 Å². The molecule has 6 atom stereocenters. The second-order valence-electron chi connectivity index (χ2n) is 7.68. The van der Waals surface area contributed by atoms with Gasteiger partial charge in [-0.05, 0) is 32.1 Å². The molecular weight excluding hydrogens is 375 g/mol. The lowest BCUT2D eigenvalue weighted by Gasteiger charge is -2.41. The van der Waals surface area contributed by atoms with E-state index in [-0.39, 0.29) is 37.6 Å². The van der Waals surface area contributed by atoms with Crippen molar-refractivity contribution in [2.45, 2.75) is 75.8 Å². The molecule has 7 nitrogen and oxygen atoms in total. The summed E-state index contributed by atoms with van der Waals surface area (Å²) in [5.74, 6) is -1.23. The summed E-state index contributed by atoms with van der Waals surface area (Å²) in [7, 11) is 0. The van der Waals surface area contributed by atoms with Crippen LogP contribution in [-0.4, -0.2) is 57.0 Å². The van der Waals surface area contributed by atoms with Crippen molar-refractivity contribution in [2.24, 2.45) is 5.92 Å². The Hall–Kier alpha value is -0.750. The van der Waals surface area contributed by atoms with Crippen LogP contribution < -0.4 is 26.6 Å². The van der Waals surface area contributed by atoms with Crippen LogP contribution in [0.1, 0.15) is 38.5 Å². The Kier molecular flexibility index (Phi) is 8.10. The van der Waals surface area contributed by atoms with E-state index in [0.717, 1.165) is 25.9 Å². The van der Waals surface area contributed by atoms with Crippen LogP contribution in [0.5, 0.6) is 0 Å². The molecule has 0 amide bonds. The number of hydrogen-bond donors (Lipinski definition) is 5. The molecule has 0 aromatic heterocycles. The van der Waals surface area contributed by atoms with E-state index in [0.29, 0.717) is 19.6 Å². The maximum atomic E-state index is 13.1. The van der Waals surface area contributed by atoms with Crippen molar-refractivity contribution in [1.29, 1.82) is 0 Å². The lowest BCUT2D eigenvalue weighted by molar-refractivity contribution is -0.184. The van der Waals surface area contributed by atoms with Gasteiger partial charge < -0.3 is 9.47 Å². The van der Waals surface area contributed by atoms with Crippen molar-refractivity contribution in [3.05, 3.63) is 12.7 Å². The van der Waals surface area contributed by atoms with Crippen molar-refractivity contribution in [3.63, 3.8) is 0 Å². The topological polar surface area (TPSA) is 78.6 Å². The average molecular weight is 407 g/mol. The van der Waals surface area contributed by atoms with Gasteiger partial charge in [0.2, 0.25) is 0 Å². The molecule has 0 spiro atoms. The Bertz CT molecular complexity index is 490. The molecule has 3 rings (SSSR count). The van der Waals surface area contributed by atoms with Crippen LogP contribution in [0.2, 0.25) is 0 Å². The zero-order chi connectivity index (χ0) is 20.0. The first-order chi connectivity index (χ1) is 13.4. The molecule has 2 aliphatic heterocycles. The summed E-state index contributed by atoms with van der Waals surface area (Å²) in [6.07, 6.45) is 0.311. The maximum absolute atomic E-state index is 13.1. The van der Waals surface area contributed by atoms with Gasteiger partial charge in [0.15, 0.2) is 6.35 Å². The minimum absolute atomic E-state index is 0.100. The zero-order valence-corrected chi connectivity index (χ0v) is 16.1. The lowest BCUT2D eigenvalue weighted by atomic mass is 9.85. The van der Waals surface area contributed by atoms with Crippen LogP contribution in [0.3, 0.4) is 0 Å². The SMILES string of the molecule is C=CCOC1NC(NCC2CCCO2)NC(NC2CCCC(C(F)(F)F)C2)N1. The Morgan fingerprint density at radius 3 is 2.64 bits per heavy atom. The highest BCUT2D eigenvalue weighted by Gasteiger charge is 2.42. The van der Waals surface area contributed by atoms with Gasteiger partial charge in [0.1, 0.15) is 12.6 Å². The van der Waals surface area contributed by atoms with E-state index in [1.807, 2.05) is 0 Å². The van der Waals surface area contributed by atoms with Crippen molar-refractivity contribution < 1.29 is 22.6 Å². The predicted octanol–water partition coefficient (Wildman–Crippen LogP) is 1.30. The van der Waals surface area contributed by atoms with E-state index in [1.165, 1.54) is 0 Å². The first-order valence-corrected chi connectivity index (χ1v) is 10.1. The summed E-state index contributed by atoms with van der Waals surface area (Å²) in [5, 5.41) is 16.4. The highest BCUT2D eigenvalue weighted by atomic mass is 19.4. The van der Waals surface area contributed by atoms with Crippen molar-refractivity contribution in [1.82, 2.24) is 26.6 Å². The van der Waals surface area contributed by atoms with E-state index in [1.54, 1.807) is 6.08 Å². The van der Waals surface area contributed by atoms with E-state index >= 15 is 0 Å². The van der Waals surface area contributed by atoms with E-state index in [9.17, 15) is 13.2 Å². The predicted molar refractivity (Wildman–Crippen MR) is 98.8 cm³/mol. The lowest BCUT2D eigenvalue weighted by Crippen LogP contribution is -2.76. The second-order valence-corrected chi connectivity index (χ2v) is 7.68. The third-order valence-corrected chi connectivity index (χ3v) is 5.46. The summed E-state index contributed by atoms with van der Waals surface area (Å²) >= 11 is 0. The first kappa shape index (κ1) is 21.9. The highest BCUT2D eigenvalue weighted by molar-refractivity contribution is 4.86. The van der Waals surface area contributed by atoms with Gasteiger partial charge in [-0.15, -0.1) is 6.58 Å². The van der Waals surface area contributed by atoms with Crippen molar-refractivity contribution in [2.75, 3.05) is 19.8 Å². The Morgan fingerprint density at radius 1 is 1.11 bits per heavy atom. The molecule has 2 heterocycles. The first-order valence-electron chi connectivity index (χ1n) is 10.1. The Labute approximate surface area is 164 Å². The van der Waals surface area contributed by atoms with Gasteiger partial charge in [-0.1, -0.05) is 12.5 Å². The van der Waals surface area contributed by atoms with Crippen LogP contribution in [0, 0.1) is 5.92 Å². The summed E-state index contributed by atoms with van der Waals surface area (Å²) in [6, 6.07) is -0.206. The van der Waals surface area contributed by atoms with Crippen LogP contribution in [0.4, 0.5) is 13.2 Å². The molecule has 3 aliphatic rings. The monoisotopic (exact) mass is 407 g/mol. The van der Waals surface area contributed by atoms with Gasteiger partial charge in [0, 0.05) is 19.2 Å². The number of hydrogen-bond acceptors (Lipinski definition) is 7. The fraction of sp³-hybridized carbons (Fsp3) is 0.889. The standard InChI is InChI=1S/C18H32F3N5O2/c1-2-8-28-17-25-15(22-11-14-7-4-9-27-14)24-16(26-17)23-13-6-3-5-12(10-13)18(19,20)21/h2,12-17,22-26H,1,3-11H2. The Balaban J connectivity index is 1.52. The molecule has 28 heavy (non-hydrogen) atoms. The fourth-order valence-electron chi connectivity index (χ4n) is 4.02. The summed E-state index contributed by atoms with van der Waals surface area (Å²) in [5.41, 5.74) is 0. The van der Waals surface area contributed by atoms with Crippen molar-refractivity contribution >= 4 is 0 Å².